The third-order valence-corrected chi connectivity index (χ3v) is 3.34. The monoisotopic (exact) mass is 338 g/mol. The van der Waals surface area contributed by atoms with Crippen molar-refractivity contribution in [3.05, 3.63) is 77.9 Å². The molecular formula is C21H22O4. The summed E-state index contributed by atoms with van der Waals surface area (Å²) >= 11 is 0. The molecule has 2 rings (SSSR count). The van der Waals surface area contributed by atoms with Gasteiger partial charge in [0.2, 0.25) is 0 Å². The number of carbonyl (C=O) groups is 1. The Morgan fingerprint density at radius 2 is 1.84 bits per heavy atom. The van der Waals surface area contributed by atoms with E-state index in [-0.39, 0.29) is 5.97 Å². The fourth-order valence-electron chi connectivity index (χ4n) is 2.14. The molecule has 0 radical (unpaired) electrons. The number of benzene rings is 2. The van der Waals surface area contributed by atoms with Crippen LogP contribution in [0.3, 0.4) is 0 Å². The summed E-state index contributed by atoms with van der Waals surface area (Å²) in [6, 6.07) is 15.6. The number of methoxy groups -OCH3 is 1. The number of ether oxygens (including phenoxy) is 3. The summed E-state index contributed by atoms with van der Waals surface area (Å²) in [7, 11) is 1.61. The van der Waals surface area contributed by atoms with Crippen molar-refractivity contribution in [1.82, 2.24) is 0 Å². The molecule has 0 atom stereocenters. The van der Waals surface area contributed by atoms with Gasteiger partial charge in [-0.25, -0.2) is 4.79 Å². The molecule has 0 saturated heterocycles. The Balaban J connectivity index is 2.04. The van der Waals surface area contributed by atoms with Crippen molar-refractivity contribution in [2.24, 2.45) is 0 Å². The van der Waals surface area contributed by atoms with E-state index in [0.717, 1.165) is 11.1 Å². The maximum Gasteiger partial charge on any atom is 0.330 e. The van der Waals surface area contributed by atoms with Crippen molar-refractivity contribution in [3.8, 4) is 11.5 Å². The minimum Gasteiger partial charge on any atom is -0.493 e. The van der Waals surface area contributed by atoms with Crippen molar-refractivity contribution < 1.29 is 19.0 Å². The van der Waals surface area contributed by atoms with Crippen LogP contribution in [0.4, 0.5) is 0 Å². The molecule has 0 aromatic heterocycles. The summed E-state index contributed by atoms with van der Waals surface area (Å²) in [4.78, 5) is 11.2. The van der Waals surface area contributed by atoms with Gasteiger partial charge in [0, 0.05) is 6.08 Å². The zero-order valence-corrected chi connectivity index (χ0v) is 14.5. The quantitative estimate of drug-likeness (QED) is 0.406. The lowest BCUT2D eigenvalue weighted by molar-refractivity contribution is -0.137. The maximum atomic E-state index is 11.2. The summed E-state index contributed by atoms with van der Waals surface area (Å²) in [5.41, 5.74) is 2.03. The lowest BCUT2D eigenvalue weighted by atomic mass is 10.2. The van der Waals surface area contributed by atoms with Gasteiger partial charge in [-0.05, 0) is 30.2 Å². The van der Waals surface area contributed by atoms with E-state index in [1.54, 1.807) is 26.2 Å². The van der Waals surface area contributed by atoms with Crippen molar-refractivity contribution in [3.63, 3.8) is 0 Å². The minimum atomic E-state index is -0.353. The van der Waals surface area contributed by atoms with Gasteiger partial charge >= 0.3 is 5.97 Å². The van der Waals surface area contributed by atoms with Crippen LogP contribution in [0.1, 0.15) is 18.1 Å². The van der Waals surface area contributed by atoms with E-state index in [9.17, 15) is 4.79 Å². The number of allylic oxidation sites excluding steroid dienone is 2. The van der Waals surface area contributed by atoms with Crippen LogP contribution in [0, 0.1) is 0 Å². The second-order valence-electron chi connectivity index (χ2n) is 5.15. The van der Waals surface area contributed by atoms with Crippen molar-refractivity contribution >= 4 is 12.0 Å². The van der Waals surface area contributed by atoms with E-state index in [1.165, 1.54) is 6.08 Å². The van der Waals surface area contributed by atoms with Gasteiger partial charge in [0.25, 0.3) is 0 Å². The lowest BCUT2D eigenvalue weighted by Gasteiger charge is -2.11. The summed E-state index contributed by atoms with van der Waals surface area (Å²) in [6.07, 6.45) is 6.69. The highest BCUT2D eigenvalue weighted by atomic mass is 16.5. The molecule has 0 spiro atoms. The van der Waals surface area contributed by atoms with Gasteiger partial charge in [0.1, 0.15) is 6.61 Å². The summed E-state index contributed by atoms with van der Waals surface area (Å²) in [5, 5.41) is 0. The van der Waals surface area contributed by atoms with Crippen LogP contribution in [-0.4, -0.2) is 19.7 Å². The summed E-state index contributed by atoms with van der Waals surface area (Å²) < 4.78 is 16.1. The molecular weight excluding hydrogens is 316 g/mol. The number of hydrogen-bond acceptors (Lipinski definition) is 4. The van der Waals surface area contributed by atoms with Gasteiger partial charge in [-0.1, -0.05) is 54.6 Å². The fraction of sp³-hybridized carbons (Fsp3) is 0.190. The first-order valence-electron chi connectivity index (χ1n) is 8.09. The molecule has 2 aromatic carbocycles. The second kappa shape index (κ2) is 9.98. The highest BCUT2D eigenvalue weighted by Gasteiger charge is 2.05. The average molecular weight is 338 g/mol. The molecule has 0 saturated carbocycles. The SMILES string of the molecule is CCOC(=O)/C=C/C=C/c1ccc(OC)c(OCc2ccccc2)c1. The Labute approximate surface area is 148 Å². The summed E-state index contributed by atoms with van der Waals surface area (Å²) in [5.74, 6) is 0.992. The Morgan fingerprint density at radius 3 is 2.56 bits per heavy atom. The van der Waals surface area contributed by atoms with E-state index < -0.39 is 0 Å². The number of esters is 1. The van der Waals surface area contributed by atoms with Crippen LogP contribution < -0.4 is 9.47 Å². The molecule has 0 aliphatic rings. The smallest absolute Gasteiger partial charge is 0.330 e. The average Bonchev–Trinajstić information content (AvgIpc) is 2.65. The predicted octanol–water partition coefficient (Wildman–Crippen LogP) is 4.41. The van der Waals surface area contributed by atoms with Crippen molar-refractivity contribution in [2.75, 3.05) is 13.7 Å². The first-order valence-corrected chi connectivity index (χ1v) is 8.09. The number of hydrogen-bond donors (Lipinski definition) is 0. The molecule has 0 unspecified atom stereocenters. The third kappa shape index (κ3) is 6.18. The van der Waals surface area contributed by atoms with Crippen LogP contribution in [-0.2, 0) is 16.1 Å². The molecule has 4 nitrogen and oxygen atoms in total. The first-order chi connectivity index (χ1) is 12.2. The van der Waals surface area contributed by atoms with Gasteiger partial charge < -0.3 is 14.2 Å². The molecule has 0 amide bonds. The molecule has 25 heavy (non-hydrogen) atoms. The zero-order valence-electron chi connectivity index (χ0n) is 14.5. The highest BCUT2D eigenvalue weighted by molar-refractivity contribution is 5.82. The molecule has 130 valence electrons. The molecule has 0 bridgehead atoms. The second-order valence-corrected chi connectivity index (χ2v) is 5.15. The molecule has 2 aromatic rings. The standard InChI is InChI=1S/C21H22O4/c1-3-24-21(22)12-8-7-9-17-13-14-19(23-2)20(15-17)25-16-18-10-5-4-6-11-18/h4-15H,3,16H2,1-2H3/b9-7+,12-8+. The van der Waals surface area contributed by atoms with Gasteiger partial charge in [-0.15, -0.1) is 0 Å². The lowest BCUT2D eigenvalue weighted by Crippen LogP contribution is -1.98. The molecule has 0 N–H and O–H groups in total. The minimum absolute atomic E-state index is 0.353. The predicted molar refractivity (Wildman–Crippen MR) is 98.6 cm³/mol. The van der Waals surface area contributed by atoms with E-state index in [0.29, 0.717) is 24.7 Å². The molecule has 0 heterocycles. The van der Waals surface area contributed by atoms with E-state index >= 15 is 0 Å². The van der Waals surface area contributed by atoms with Gasteiger partial charge in [-0.2, -0.15) is 0 Å². The van der Waals surface area contributed by atoms with Crippen LogP contribution in [0.2, 0.25) is 0 Å². The topological polar surface area (TPSA) is 44.8 Å². The van der Waals surface area contributed by atoms with Gasteiger partial charge in [0.15, 0.2) is 11.5 Å². The van der Waals surface area contributed by atoms with Crippen molar-refractivity contribution in [1.29, 1.82) is 0 Å². The molecule has 4 heteroatoms. The van der Waals surface area contributed by atoms with Gasteiger partial charge in [0.05, 0.1) is 13.7 Å². The Morgan fingerprint density at radius 1 is 1.04 bits per heavy atom. The van der Waals surface area contributed by atoms with Crippen LogP contribution in [0.15, 0.2) is 66.8 Å². The molecule has 0 aliphatic heterocycles. The molecule has 0 aliphatic carbocycles. The number of rotatable bonds is 8. The third-order valence-electron chi connectivity index (χ3n) is 3.34. The van der Waals surface area contributed by atoms with E-state index in [1.807, 2.05) is 54.6 Å². The highest BCUT2D eigenvalue weighted by Crippen LogP contribution is 2.29. The normalized spacial score (nSPS) is 11.0. The Hall–Kier alpha value is -3.01. The maximum absolute atomic E-state index is 11.2. The zero-order chi connectivity index (χ0) is 17.9. The first kappa shape index (κ1) is 18.3. The Bertz CT molecular complexity index is 733. The van der Waals surface area contributed by atoms with E-state index in [4.69, 9.17) is 14.2 Å². The van der Waals surface area contributed by atoms with Crippen LogP contribution >= 0.6 is 0 Å². The van der Waals surface area contributed by atoms with Crippen LogP contribution in [0.5, 0.6) is 11.5 Å². The van der Waals surface area contributed by atoms with E-state index in [2.05, 4.69) is 0 Å². The Kier molecular flexibility index (Phi) is 7.32. The van der Waals surface area contributed by atoms with Gasteiger partial charge in [-0.3, -0.25) is 0 Å². The fourth-order valence-corrected chi connectivity index (χ4v) is 2.14. The molecule has 0 fully saturated rings. The van der Waals surface area contributed by atoms with Crippen LogP contribution in [0.25, 0.3) is 6.08 Å². The largest absolute Gasteiger partial charge is 0.493 e. The van der Waals surface area contributed by atoms with Crippen molar-refractivity contribution in [2.45, 2.75) is 13.5 Å². The number of carbonyl (C=O) groups excluding carboxylic acids is 1. The summed E-state index contributed by atoms with van der Waals surface area (Å²) in [6.45, 7) is 2.61.